The van der Waals surface area contributed by atoms with Crippen molar-refractivity contribution in [1.29, 1.82) is 0 Å². The summed E-state index contributed by atoms with van der Waals surface area (Å²) in [6, 6.07) is 53.5. The lowest BCUT2D eigenvalue weighted by Crippen LogP contribution is -1.97. The number of rotatable bonds is 6. The van der Waals surface area contributed by atoms with Crippen molar-refractivity contribution in [1.82, 2.24) is 24.5 Å². The van der Waals surface area contributed by atoms with Crippen LogP contribution < -0.4 is 0 Å². The predicted octanol–water partition coefficient (Wildman–Crippen LogP) is 11.9. The molecule has 5 nitrogen and oxygen atoms in total. The second-order valence-corrected chi connectivity index (χ2v) is 13.7. The molecule has 0 radical (unpaired) electrons. The van der Waals surface area contributed by atoms with E-state index in [1.165, 1.54) is 53.5 Å². The summed E-state index contributed by atoms with van der Waals surface area (Å²) >= 11 is 1.89. The summed E-state index contributed by atoms with van der Waals surface area (Å²) in [6.07, 6.45) is 7.16. The number of benzene rings is 5. The van der Waals surface area contributed by atoms with Crippen molar-refractivity contribution in [3.63, 3.8) is 0 Å². The van der Waals surface area contributed by atoms with E-state index in [0.29, 0.717) is 5.82 Å². The van der Waals surface area contributed by atoms with Gasteiger partial charge in [0.15, 0.2) is 5.82 Å². The Kier molecular flexibility index (Phi) is 7.25. The van der Waals surface area contributed by atoms with Gasteiger partial charge in [0.1, 0.15) is 0 Å². The number of hydrogen-bond acceptors (Lipinski definition) is 5. The molecule has 0 aliphatic rings. The SMILES string of the molecule is c1ccc(-c2sc3c(ccc4c3c3ccccc3n4-c3ccc(-c4nc(-c5ccncc5)cc(-c5ccncc5)n4)cc3)c2-c2ccccc2)cc1. The second kappa shape index (κ2) is 12.5. The molecule has 0 fully saturated rings. The van der Waals surface area contributed by atoms with Crippen molar-refractivity contribution < 1.29 is 0 Å². The Labute approximate surface area is 304 Å². The zero-order valence-corrected chi connectivity index (χ0v) is 28.7. The maximum absolute atomic E-state index is 5.03. The third-order valence-corrected chi connectivity index (χ3v) is 10.9. The highest BCUT2D eigenvalue weighted by molar-refractivity contribution is 7.24. The van der Waals surface area contributed by atoms with Crippen molar-refractivity contribution in [2.75, 3.05) is 0 Å². The number of aromatic nitrogens is 5. The molecule has 52 heavy (non-hydrogen) atoms. The first-order valence-corrected chi connectivity index (χ1v) is 18.0. The van der Waals surface area contributed by atoms with Gasteiger partial charge in [-0.2, -0.15) is 0 Å². The third-order valence-electron chi connectivity index (χ3n) is 9.65. The van der Waals surface area contributed by atoms with E-state index in [0.717, 1.165) is 33.8 Å². The molecular formula is C46H29N5S. The summed E-state index contributed by atoms with van der Waals surface area (Å²) in [4.78, 5) is 19.8. The van der Waals surface area contributed by atoms with Gasteiger partial charge in [-0.1, -0.05) is 84.9 Å². The van der Waals surface area contributed by atoms with E-state index in [2.05, 4.69) is 136 Å². The van der Waals surface area contributed by atoms with Gasteiger partial charge in [-0.3, -0.25) is 9.97 Å². The smallest absolute Gasteiger partial charge is 0.160 e. The number of para-hydroxylation sites is 1. The Morgan fingerprint density at radius 2 is 1.04 bits per heavy atom. The molecule has 10 aromatic rings. The standard InChI is InChI=1S/C46H29N5S/c1-3-9-32(10-4-1)42-37-19-20-41-43(45(37)52-44(42)33-11-5-2-6-12-33)36-13-7-8-14-40(36)51(41)35-17-15-34(16-18-35)46-49-38(30-21-25-47-26-22-30)29-39(50-46)31-23-27-48-28-24-31/h1-29H. The van der Waals surface area contributed by atoms with E-state index in [1.54, 1.807) is 24.8 Å². The number of nitrogens with zero attached hydrogens (tertiary/aromatic N) is 5. The molecule has 0 saturated carbocycles. The zero-order valence-electron chi connectivity index (χ0n) is 27.9. The first kappa shape index (κ1) is 30.1. The van der Waals surface area contributed by atoms with Crippen LogP contribution in [-0.4, -0.2) is 24.5 Å². The Bertz CT molecular complexity index is 2810. The minimum Gasteiger partial charge on any atom is -0.309 e. The Balaban J connectivity index is 1.15. The lowest BCUT2D eigenvalue weighted by Gasteiger charge is -2.11. The fourth-order valence-corrected chi connectivity index (χ4v) is 8.63. The molecule has 0 aliphatic carbocycles. The van der Waals surface area contributed by atoms with Gasteiger partial charge in [-0.15, -0.1) is 11.3 Å². The van der Waals surface area contributed by atoms with Crippen molar-refractivity contribution in [2.24, 2.45) is 0 Å². The molecule has 0 spiro atoms. The van der Waals surface area contributed by atoms with Gasteiger partial charge in [-0.05, 0) is 77.9 Å². The van der Waals surface area contributed by atoms with Crippen LogP contribution >= 0.6 is 11.3 Å². The second-order valence-electron chi connectivity index (χ2n) is 12.7. The first-order valence-electron chi connectivity index (χ1n) is 17.2. The molecule has 0 bridgehead atoms. The molecular weight excluding hydrogens is 655 g/mol. The summed E-state index contributed by atoms with van der Waals surface area (Å²) < 4.78 is 3.68. The third kappa shape index (κ3) is 5.08. The lowest BCUT2D eigenvalue weighted by atomic mass is 9.98. The van der Waals surface area contributed by atoms with Gasteiger partial charge in [0.2, 0.25) is 0 Å². The van der Waals surface area contributed by atoms with E-state index in [1.807, 2.05) is 41.7 Å². The molecule has 0 aliphatic heterocycles. The van der Waals surface area contributed by atoms with Crippen molar-refractivity contribution in [3.05, 3.63) is 176 Å². The number of fused-ring (bicyclic) bond motifs is 5. The summed E-state index contributed by atoms with van der Waals surface area (Å²) in [5.41, 5.74) is 11.8. The molecule has 10 rings (SSSR count). The minimum atomic E-state index is 0.664. The zero-order chi connectivity index (χ0) is 34.4. The van der Waals surface area contributed by atoms with Crippen LogP contribution in [0.4, 0.5) is 0 Å². The quantitative estimate of drug-likeness (QED) is 0.175. The Morgan fingerprint density at radius 3 is 1.69 bits per heavy atom. The van der Waals surface area contributed by atoms with Crippen LogP contribution in [0.5, 0.6) is 0 Å². The van der Waals surface area contributed by atoms with Crippen LogP contribution in [0.25, 0.3) is 93.0 Å². The summed E-state index contributed by atoms with van der Waals surface area (Å²) in [6.45, 7) is 0. The normalized spacial score (nSPS) is 11.5. The predicted molar refractivity (Wildman–Crippen MR) is 215 cm³/mol. The average Bonchev–Trinajstić information content (AvgIpc) is 3.78. The average molecular weight is 684 g/mol. The molecule has 244 valence electrons. The largest absolute Gasteiger partial charge is 0.309 e. The lowest BCUT2D eigenvalue weighted by molar-refractivity contribution is 1.16. The molecule has 0 atom stereocenters. The maximum Gasteiger partial charge on any atom is 0.160 e. The van der Waals surface area contributed by atoms with Crippen molar-refractivity contribution in [3.8, 4) is 61.2 Å². The Morgan fingerprint density at radius 1 is 0.442 bits per heavy atom. The van der Waals surface area contributed by atoms with Gasteiger partial charge in [0, 0.05) is 78.5 Å². The summed E-state index contributed by atoms with van der Waals surface area (Å²) in [7, 11) is 0. The van der Waals surface area contributed by atoms with Crippen molar-refractivity contribution in [2.45, 2.75) is 0 Å². The Hall–Kier alpha value is -6.76. The molecule has 0 N–H and O–H groups in total. The minimum absolute atomic E-state index is 0.664. The number of pyridine rings is 2. The molecule has 0 unspecified atom stereocenters. The number of thiophene rings is 1. The fraction of sp³-hybridized carbons (Fsp3) is 0. The van der Waals surface area contributed by atoms with E-state index in [4.69, 9.17) is 9.97 Å². The van der Waals surface area contributed by atoms with Gasteiger partial charge >= 0.3 is 0 Å². The van der Waals surface area contributed by atoms with Gasteiger partial charge in [0.05, 0.1) is 22.4 Å². The summed E-state index contributed by atoms with van der Waals surface area (Å²) in [5.74, 6) is 0.664. The highest BCUT2D eigenvalue weighted by Crippen LogP contribution is 2.49. The highest BCUT2D eigenvalue weighted by Gasteiger charge is 2.21. The van der Waals surface area contributed by atoms with Crippen LogP contribution in [-0.2, 0) is 0 Å². The number of hydrogen-bond donors (Lipinski definition) is 0. The van der Waals surface area contributed by atoms with Gasteiger partial charge in [-0.25, -0.2) is 9.97 Å². The van der Waals surface area contributed by atoms with Crippen LogP contribution in [0, 0.1) is 0 Å². The van der Waals surface area contributed by atoms with Crippen LogP contribution in [0.15, 0.2) is 176 Å². The topological polar surface area (TPSA) is 56.5 Å². The van der Waals surface area contributed by atoms with E-state index in [9.17, 15) is 0 Å². The molecule has 5 aromatic carbocycles. The molecule has 5 heterocycles. The molecule has 5 aromatic heterocycles. The van der Waals surface area contributed by atoms with E-state index < -0.39 is 0 Å². The summed E-state index contributed by atoms with van der Waals surface area (Å²) in [5, 5.41) is 3.79. The molecule has 6 heteroatoms. The molecule has 0 amide bonds. The highest BCUT2D eigenvalue weighted by atomic mass is 32.1. The van der Waals surface area contributed by atoms with Crippen LogP contribution in [0.1, 0.15) is 0 Å². The van der Waals surface area contributed by atoms with Crippen LogP contribution in [0.3, 0.4) is 0 Å². The van der Waals surface area contributed by atoms with Crippen molar-refractivity contribution >= 4 is 43.2 Å². The first-order chi connectivity index (χ1) is 25.8. The van der Waals surface area contributed by atoms with Crippen LogP contribution in [0.2, 0.25) is 0 Å². The maximum atomic E-state index is 5.03. The van der Waals surface area contributed by atoms with Gasteiger partial charge < -0.3 is 4.57 Å². The van der Waals surface area contributed by atoms with E-state index >= 15 is 0 Å². The monoisotopic (exact) mass is 683 g/mol. The molecule has 0 saturated heterocycles. The fourth-order valence-electron chi connectivity index (χ4n) is 7.25. The van der Waals surface area contributed by atoms with E-state index in [-0.39, 0.29) is 0 Å². The van der Waals surface area contributed by atoms with Gasteiger partial charge in [0.25, 0.3) is 0 Å².